The number of hydrogen-bond donors (Lipinski definition) is 0. The van der Waals surface area contributed by atoms with Crippen LogP contribution in [-0.2, 0) is 16.0 Å². The van der Waals surface area contributed by atoms with Gasteiger partial charge in [-0.1, -0.05) is 36.4 Å². The van der Waals surface area contributed by atoms with Crippen molar-refractivity contribution >= 4 is 17.5 Å². The summed E-state index contributed by atoms with van der Waals surface area (Å²) in [6.45, 7) is 2.15. The molecule has 27 heavy (non-hydrogen) atoms. The maximum atomic E-state index is 14.0. The smallest absolute Gasteiger partial charge is 0.250 e. The number of para-hydroxylation sites is 1. The first-order chi connectivity index (χ1) is 13.1. The monoisotopic (exact) mass is 367 g/mol. The molecule has 1 unspecified atom stereocenters. The van der Waals surface area contributed by atoms with Crippen molar-refractivity contribution in [1.29, 1.82) is 0 Å². The molecule has 1 saturated heterocycles. The van der Waals surface area contributed by atoms with E-state index in [9.17, 15) is 14.0 Å². The standard InChI is InChI=1S/C21H22FN3O2/c1-23-19(26)14-15-6-2-3-7-16(15)20(23)21(27)25-12-10-24(11-13-25)18-9-5-4-8-17(18)22/h2-9,20H,10-14H2,1H3. The van der Waals surface area contributed by atoms with Gasteiger partial charge in [0.2, 0.25) is 11.8 Å². The third kappa shape index (κ3) is 3.16. The van der Waals surface area contributed by atoms with Crippen LogP contribution in [0, 0.1) is 5.82 Å². The molecule has 0 radical (unpaired) electrons. The first-order valence-corrected chi connectivity index (χ1v) is 9.18. The largest absolute Gasteiger partial charge is 0.366 e. The van der Waals surface area contributed by atoms with Crippen molar-refractivity contribution in [2.75, 3.05) is 38.1 Å². The number of likely N-dealkylation sites (N-methyl/N-ethyl adjacent to an activating group) is 1. The average Bonchev–Trinajstić information content (AvgIpc) is 2.69. The highest BCUT2D eigenvalue weighted by atomic mass is 19.1. The van der Waals surface area contributed by atoms with E-state index in [2.05, 4.69) is 0 Å². The van der Waals surface area contributed by atoms with Gasteiger partial charge in [0, 0.05) is 33.2 Å². The van der Waals surface area contributed by atoms with E-state index in [1.165, 1.54) is 6.07 Å². The van der Waals surface area contributed by atoms with Gasteiger partial charge in [-0.15, -0.1) is 0 Å². The second-order valence-corrected chi connectivity index (χ2v) is 7.05. The molecule has 0 bridgehead atoms. The Morgan fingerprint density at radius 1 is 1.00 bits per heavy atom. The van der Waals surface area contributed by atoms with E-state index < -0.39 is 6.04 Å². The van der Waals surface area contributed by atoms with Crippen LogP contribution in [0.2, 0.25) is 0 Å². The minimum atomic E-state index is -0.581. The molecular formula is C21H22FN3O2. The van der Waals surface area contributed by atoms with E-state index in [0.29, 0.717) is 38.3 Å². The molecule has 2 aromatic rings. The van der Waals surface area contributed by atoms with Crippen molar-refractivity contribution < 1.29 is 14.0 Å². The number of halogens is 1. The first-order valence-electron chi connectivity index (χ1n) is 9.18. The lowest BCUT2D eigenvalue weighted by atomic mass is 9.91. The first kappa shape index (κ1) is 17.5. The maximum absolute atomic E-state index is 14.0. The van der Waals surface area contributed by atoms with Gasteiger partial charge in [-0.3, -0.25) is 9.59 Å². The summed E-state index contributed by atoms with van der Waals surface area (Å²) in [5.41, 5.74) is 2.39. The van der Waals surface area contributed by atoms with Crippen molar-refractivity contribution in [2.45, 2.75) is 12.5 Å². The Labute approximate surface area is 158 Å². The molecule has 6 heteroatoms. The lowest BCUT2D eigenvalue weighted by Gasteiger charge is -2.40. The third-order valence-corrected chi connectivity index (χ3v) is 5.49. The molecule has 2 amide bonds. The van der Waals surface area contributed by atoms with Gasteiger partial charge in [-0.2, -0.15) is 0 Å². The quantitative estimate of drug-likeness (QED) is 0.818. The van der Waals surface area contributed by atoms with Crippen LogP contribution in [0.25, 0.3) is 0 Å². The van der Waals surface area contributed by atoms with Crippen molar-refractivity contribution in [1.82, 2.24) is 9.80 Å². The van der Waals surface area contributed by atoms with Crippen molar-refractivity contribution in [3.05, 3.63) is 65.5 Å². The predicted molar refractivity (Wildman–Crippen MR) is 101 cm³/mol. The third-order valence-electron chi connectivity index (χ3n) is 5.49. The summed E-state index contributed by atoms with van der Waals surface area (Å²) < 4.78 is 14.0. The molecule has 0 aromatic heterocycles. The molecule has 2 aliphatic heterocycles. The SMILES string of the molecule is CN1C(=O)Cc2ccccc2C1C(=O)N1CCN(c2ccccc2F)CC1. The van der Waals surface area contributed by atoms with Crippen LogP contribution >= 0.6 is 0 Å². The Morgan fingerprint density at radius 3 is 2.41 bits per heavy atom. The highest BCUT2D eigenvalue weighted by molar-refractivity contribution is 5.92. The summed E-state index contributed by atoms with van der Waals surface area (Å²) >= 11 is 0. The number of hydrogen-bond acceptors (Lipinski definition) is 3. The molecule has 0 aliphatic carbocycles. The molecule has 1 atom stereocenters. The van der Waals surface area contributed by atoms with Crippen LogP contribution in [0.5, 0.6) is 0 Å². The van der Waals surface area contributed by atoms with Gasteiger partial charge in [0.05, 0.1) is 12.1 Å². The van der Waals surface area contributed by atoms with Crippen LogP contribution in [0.15, 0.2) is 48.5 Å². The fourth-order valence-electron chi connectivity index (χ4n) is 3.95. The molecule has 2 heterocycles. The zero-order valence-electron chi connectivity index (χ0n) is 15.3. The predicted octanol–water partition coefficient (Wildman–Crippen LogP) is 2.23. The molecular weight excluding hydrogens is 345 g/mol. The minimum absolute atomic E-state index is 0.0444. The number of benzene rings is 2. The number of piperazine rings is 1. The highest BCUT2D eigenvalue weighted by Gasteiger charge is 2.37. The molecule has 0 N–H and O–H groups in total. The van der Waals surface area contributed by atoms with Gasteiger partial charge < -0.3 is 14.7 Å². The molecule has 0 saturated carbocycles. The second kappa shape index (κ2) is 7.02. The highest BCUT2D eigenvalue weighted by Crippen LogP contribution is 2.31. The van der Waals surface area contributed by atoms with E-state index in [-0.39, 0.29) is 17.6 Å². The van der Waals surface area contributed by atoms with Gasteiger partial charge in [0.1, 0.15) is 11.9 Å². The summed E-state index contributed by atoms with van der Waals surface area (Å²) in [4.78, 5) is 30.9. The van der Waals surface area contributed by atoms with Gasteiger partial charge >= 0.3 is 0 Å². The number of amides is 2. The number of anilines is 1. The van der Waals surface area contributed by atoms with E-state index in [1.807, 2.05) is 35.2 Å². The van der Waals surface area contributed by atoms with Crippen molar-refractivity contribution in [3.63, 3.8) is 0 Å². The summed E-state index contributed by atoms with van der Waals surface area (Å²) in [7, 11) is 1.69. The van der Waals surface area contributed by atoms with E-state index in [0.717, 1.165) is 11.1 Å². The van der Waals surface area contributed by atoms with Crippen LogP contribution in [0.3, 0.4) is 0 Å². The Bertz CT molecular complexity index is 877. The molecule has 1 fully saturated rings. The van der Waals surface area contributed by atoms with Crippen LogP contribution < -0.4 is 4.90 Å². The normalized spacial score (nSPS) is 19.9. The van der Waals surface area contributed by atoms with E-state index >= 15 is 0 Å². The number of rotatable bonds is 2. The Morgan fingerprint density at radius 2 is 1.67 bits per heavy atom. The van der Waals surface area contributed by atoms with Crippen LogP contribution in [-0.4, -0.2) is 54.8 Å². The number of carbonyl (C=O) groups excluding carboxylic acids is 2. The molecule has 2 aliphatic rings. The molecule has 4 rings (SSSR count). The topological polar surface area (TPSA) is 43.9 Å². The maximum Gasteiger partial charge on any atom is 0.250 e. The van der Waals surface area contributed by atoms with Crippen molar-refractivity contribution in [2.24, 2.45) is 0 Å². The summed E-state index contributed by atoms with van der Waals surface area (Å²) in [6, 6.07) is 13.8. The number of fused-ring (bicyclic) bond motifs is 1. The minimum Gasteiger partial charge on any atom is -0.366 e. The van der Waals surface area contributed by atoms with Gasteiger partial charge in [0.15, 0.2) is 0 Å². The van der Waals surface area contributed by atoms with Gasteiger partial charge in [0.25, 0.3) is 0 Å². The molecule has 0 spiro atoms. The van der Waals surface area contributed by atoms with Crippen molar-refractivity contribution in [3.8, 4) is 0 Å². The lowest BCUT2D eigenvalue weighted by molar-refractivity contribution is -0.145. The average molecular weight is 367 g/mol. The Kier molecular flexibility index (Phi) is 4.56. The second-order valence-electron chi connectivity index (χ2n) is 7.05. The fraction of sp³-hybridized carbons (Fsp3) is 0.333. The van der Waals surface area contributed by atoms with E-state index in [1.54, 1.807) is 29.0 Å². The summed E-state index contributed by atoms with van der Waals surface area (Å²) in [5, 5.41) is 0. The number of nitrogens with zero attached hydrogens (tertiary/aromatic N) is 3. The number of carbonyl (C=O) groups is 2. The van der Waals surface area contributed by atoms with Crippen LogP contribution in [0.1, 0.15) is 17.2 Å². The van der Waals surface area contributed by atoms with Crippen LogP contribution in [0.4, 0.5) is 10.1 Å². The molecule has 140 valence electrons. The molecule has 2 aromatic carbocycles. The fourth-order valence-corrected chi connectivity index (χ4v) is 3.95. The zero-order valence-corrected chi connectivity index (χ0v) is 15.3. The zero-order chi connectivity index (χ0) is 19.0. The van der Waals surface area contributed by atoms with Gasteiger partial charge in [-0.05, 0) is 23.3 Å². The summed E-state index contributed by atoms with van der Waals surface area (Å²) in [6.07, 6.45) is 0.331. The lowest BCUT2D eigenvalue weighted by Crippen LogP contribution is -2.53. The van der Waals surface area contributed by atoms with Gasteiger partial charge in [-0.25, -0.2) is 4.39 Å². The summed E-state index contributed by atoms with van der Waals surface area (Å²) in [5.74, 6) is -0.355. The Hall–Kier alpha value is -2.89. The van der Waals surface area contributed by atoms with E-state index in [4.69, 9.17) is 0 Å². The molecule has 5 nitrogen and oxygen atoms in total. The Balaban J connectivity index is 1.51.